The minimum Gasteiger partial charge on any atom is -0.327 e. The van der Waals surface area contributed by atoms with E-state index in [1.165, 1.54) is 12.1 Å². The van der Waals surface area contributed by atoms with E-state index in [1.807, 2.05) is 17.9 Å². The fraction of sp³-hybridized carbons (Fsp3) is 0.700. The minimum absolute atomic E-state index is 0.407. The largest absolute Gasteiger partial charge is 0.327 e. The Balaban J connectivity index is 2.15. The van der Waals surface area contributed by atoms with Gasteiger partial charge in [-0.2, -0.15) is 5.10 Å². The Hall–Kier alpha value is -0.830. The molecule has 1 heterocycles. The number of nitrogens with two attached hydrogens (primary N) is 1. The van der Waals surface area contributed by atoms with Crippen LogP contribution in [0.1, 0.15) is 31.4 Å². The van der Waals surface area contributed by atoms with Gasteiger partial charge in [-0.25, -0.2) is 0 Å². The zero-order chi connectivity index (χ0) is 9.42. The van der Waals surface area contributed by atoms with E-state index in [0.29, 0.717) is 17.9 Å². The predicted molar refractivity (Wildman–Crippen MR) is 52.3 cm³/mol. The molecular formula is C10H17N3. The summed E-state index contributed by atoms with van der Waals surface area (Å²) in [7, 11) is 2.01. The molecule has 0 radical (unpaired) electrons. The lowest BCUT2D eigenvalue weighted by atomic mass is 9.67. The van der Waals surface area contributed by atoms with Crippen LogP contribution in [0.4, 0.5) is 0 Å². The maximum absolute atomic E-state index is 5.95. The lowest BCUT2D eigenvalue weighted by molar-refractivity contribution is 0.190. The molecule has 1 aliphatic carbocycles. The Morgan fingerprint density at radius 3 is 2.92 bits per heavy atom. The molecule has 0 amide bonds. The van der Waals surface area contributed by atoms with E-state index in [1.54, 1.807) is 0 Å². The second-order valence-corrected chi connectivity index (χ2v) is 3.96. The van der Waals surface area contributed by atoms with Crippen LogP contribution < -0.4 is 5.73 Å². The van der Waals surface area contributed by atoms with Gasteiger partial charge in [-0.1, -0.05) is 13.3 Å². The van der Waals surface area contributed by atoms with Crippen molar-refractivity contribution in [3.8, 4) is 0 Å². The van der Waals surface area contributed by atoms with Gasteiger partial charge in [0.15, 0.2) is 0 Å². The number of rotatable bonds is 2. The van der Waals surface area contributed by atoms with Crippen molar-refractivity contribution in [2.75, 3.05) is 0 Å². The summed E-state index contributed by atoms with van der Waals surface area (Å²) in [6.45, 7) is 2.22. The molecule has 3 unspecified atom stereocenters. The molecule has 13 heavy (non-hydrogen) atoms. The molecule has 3 atom stereocenters. The molecule has 3 nitrogen and oxygen atoms in total. The highest BCUT2D eigenvalue weighted by Gasteiger charge is 2.39. The van der Waals surface area contributed by atoms with Crippen LogP contribution in [-0.2, 0) is 7.05 Å². The van der Waals surface area contributed by atoms with Gasteiger partial charge in [0.1, 0.15) is 0 Å². The highest BCUT2D eigenvalue weighted by Crippen LogP contribution is 2.42. The normalized spacial score (nSPS) is 33.0. The molecule has 0 saturated heterocycles. The third kappa shape index (κ3) is 1.27. The second kappa shape index (κ2) is 3.14. The Morgan fingerprint density at radius 1 is 1.69 bits per heavy atom. The minimum atomic E-state index is 0.407. The van der Waals surface area contributed by atoms with Gasteiger partial charge in [-0.05, 0) is 18.4 Å². The summed E-state index contributed by atoms with van der Waals surface area (Å²) in [6.07, 6.45) is 4.17. The van der Waals surface area contributed by atoms with E-state index in [9.17, 15) is 0 Å². The second-order valence-electron chi connectivity index (χ2n) is 3.96. The molecule has 0 aliphatic heterocycles. The average molecular weight is 179 g/mol. The smallest absolute Gasteiger partial charge is 0.0492 e. The van der Waals surface area contributed by atoms with Crippen molar-refractivity contribution in [1.82, 2.24) is 9.78 Å². The molecule has 0 aromatic carbocycles. The zero-order valence-corrected chi connectivity index (χ0v) is 8.27. The van der Waals surface area contributed by atoms with Crippen LogP contribution in [0, 0.1) is 5.92 Å². The Labute approximate surface area is 78.9 Å². The van der Waals surface area contributed by atoms with Crippen LogP contribution in [0.2, 0.25) is 0 Å². The number of nitrogens with zero attached hydrogens (tertiary/aromatic N) is 2. The molecule has 1 aliphatic rings. The van der Waals surface area contributed by atoms with E-state index in [0.717, 1.165) is 6.42 Å². The van der Waals surface area contributed by atoms with E-state index in [-0.39, 0.29) is 0 Å². The SMILES string of the molecule is CCC1C(N)CC1c1ccnn1C. The average Bonchev–Trinajstić information content (AvgIpc) is 2.48. The first-order valence-electron chi connectivity index (χ1n) is 4.97. The van der Waals surface area contributed by atoms with Crippen LogP contribution in [0.5, 0.6) is 0 Å². The summed E-state index contributed by atoms with van der Waals surface area (Å²) < 4.78 is 1.97. The summed E-state index contributed by atoms with van der Waals surface area (Å²) in [5, 5.41) is 4.19. The third-order valence-corrected chi connectivity index (χ3v) is 3.30. The van der Waals surface area contributed by atoms with E-state index >= 15 is 0 Å². The lowest BCUT2D eigenvalue weighted by Crippen LogP contribution is -2.46. The van der Waals surface area contributed by atoms with E-state index < -0.39 is 0 Å². The molecule has 1 fully saturated rings. The maximum Gasteiger partial charge on any atom is 0.0492 e. The molecule has 3 heteroatoms. The summed E-state index contributed by atoms with van der Waals surface area (Å²) in [5.74, 6) is 1.31. The van der Waals surface area contributed by atoms with Crippen LogP contribution in [-0.4, -0.2) is 15.8 Å². The Bertz CT molecular complexity index is 292. The number of hydrogen-bond donors (Lipinski definition) is 1. The van der Waals surface area contributed by atoms with Crippen LogP contribution in [0.15, 0.2) is 12.3 Å². The number of hydrogen-bond acceptors (Lipinski definition) is 2. The Morgan fingerprint density at radius 2 is 2.46 bits per heavy atom. The zero-order valence-electron chi connectivity index (χ0n) is 8.27. The molecule has 72 valence electrons. The quantitative estimate of drug-likeness (QED) is 0.742. The van der Waals surface area contributed by atoms with Gasteiger partial charge in [0.05, 0.1) is 0 Å². The van der Waals surface area contributed by atoms with Gasteiger partial charge < -0.3 is 5.73 Å². The molecule has 0 bridgehead atoms. The van der Waals surface area contributed by atoms with Crippen LogP contribution in [0.3, 0.4) is 0 Å². The molecule has 2 rings (SSSR count). The number of aromatic nitrogens is 2. The maximum atomic E-state index is 5.95. The van der Waals surface area contributed by atoms with E-state index in [4.69, 9.17) is 5.73 Å². The number of aryl methyl sites for hydroxylation is 1. The van der Waals surface area contributed by atoms with Gasteiger partial charge in [0.2, 0.25) is 0 Å². The highest BCUT2D eigenvalue weighted by molar-refractivity contribution is 5.16. The first-order chi connectivity index (χ1) is 6.24. The topological polar surface area (TPSA) is 43.8 Å². The Kier molecular flexibility index (Phi) is 2.12. The van der Waals surface area contributed by atoms with Gasteiger partial charge in [0.25, 0.3) is 0 Å². The van der Waals surface area contributed by atoms with Crippen molar-refractivity contribution in [2.24, 2.45) is 18.7 Å². The van der Waals surface area contributed by atoms with Gasteiger partial charge >= 0.3 is 0 Å². The third-order valence-electron chi connectivity index (χ3n) is 3.30. The van der Waals surface area contributed by atoms with Crippen LogP contribution >= 0.6 is 0 Å². The highest BCUT2D eigenvalue weighted by atomic mass is 15.3. The van der Waals surface area contributed by atoms with Crippen LogP contribution in [0.25, 0.3) is 0 Å². The van der Waals surface area contributed by atoms with Crippen molar-refractivity contribution >= 4 is 0 Å². The molecule has 1 aromatic heterocycles. The van der Waals surface area contributed by atoms with Crippen molar-refractivity contribution in [1.29, 1.82) is 0 Å². The molecule has 1 saturated carbocycles. The fourth-order valence-corrected chi connectivity index (χ4v) is 2.42. The first-order valence-corrected chi connectivity index (χ1v) is 4.97. The molecule has 2 N–H and O–H groups in total. The van der Waals surface area contributed by atoms with Gasteiger partial charge in [0, 0.05) is 30.9 Å². The van der Waals surface area contributed by atoms with Crippen molar-refractivity contribution in [3.63, 3.8) is 0 Å². The van der Waals surface area contributed by atoms with Crippen molar-refractivity contribution in [3.05, 3.63) is 18.0 Å². The summed E-state index contributed by atoms with van der Waals surface area (Å²) >= 11 is 0. The first kappa shape index (κ1) is 8.75. The summed E-state index contributed by atoms with van der Waals surface area (Å²) in [5.41, 5.74) is 7.29. The summed E-state index contributed by atoms with van der Waals surface area (Å²) in [6, 6.07) is 2.52. The molecular weight excluding hydrogens is 162 g/mol. The van der Waals surface area contributed by atoms with Gasteiger partial charge in [-0.3, -0.25) is 4.68 Å². The monoisotopic (exact) mass is 179 g/mol. The van der Waals surface area contributed by atoms with E-state index in [2.05, 4.69) is 18.1 Å². The lowest BCUT2D eigenvalue weighted by Gasteiger charge is -2.42. The van der Waals surface area contributed by atoms with Crippen molar-refractivity contribution in [2.45, 2.75) is 31.7 Å². The fourth-order valence-electron chi connectivity index (χ4n) is 2.42. The van der Waals surface area contributed by atoms with Gasteiger partial charge in [-0.15, -0.1) is 0 Å². The summed E-state index contributed by atoms with van der Waals surface area (Å²) in [4.78, 5) is 0. The predicted octanol–water partition coefficient (Wildman–Crippen LogP) is 1.26. The van der Waals surface area contributed by atoms with Crippen molar-refractivity contribution < 1.29 is 0 Å². The molecule has 1 aromatic rings. The molecule has 0 spiro atoms. The standard InChI is InChI=1S/C10H17N3/c1-3-7-8(6-9(7)11)10-4-5-12-13(10)2/h4-5,7-9H,3,6,11H2,1-2H3.